The van der Waals surface area contributed by atoms with E-state index in [4.69, 9.17) is 10.0 Å². The first kappa shape index (κ1) is 9.17. The second-order valence-electron chi connectivity index (χ2n) is 3.11. The number of nitrogens with one attached hydrogen (secondary N) is 1. The monoisotopic (exact) mass is 194 g/mol. The Hall–Kier alpha value is -1.40. The number of fused-ring (bicyclic) bond motifs is 1. The predicted octanol–water partition coefficient (Wildman–Crippen LogP) is -0.310. The summed E-state index contributed by atoms with van der Waals surface area (Å²) >= 11 is 0. The van der Waals surface area contributed by atoms with Crippen LogP contribution in [0, 0.1) is 12.7 Å². The first-order valence-corrected chi connectivity index (χ1v) is 4.10. The van der Waals surface area contributed by atoms with Gasteiger partial charge in [0, 0.05) is 22.6 Å². The van der Waals surface area contributed by atoms with Crippen molar-refractivity contribution in [3.05, 3.63) is 23.6 Å². The van der Waals surface area contributed by atoms with Crippen LogP contribution in [0.15, 0.2) is 12.1 Å². The van der Waals surface area contributed by atoms with Crippen LogP contribution in [-0.2, 0) is 0 Å². The minimum atomic E-state index is -1.80. The molecule has 2 aromatic rings. The number of aromatic nitrogens is 2. The highest BCUT2D eigenvalue weighted by molar-refractivity contribution is 6.59. The van der Waals surface area contributed by atoms with E-state index in [1.54, 1.807) is 6.92 Å². The number of benzene rings is 1. The topological polar surface area (TPSA) is 69.1 Å². The Labute approximate surface area is 79.5 Å². The van der Waals surface area contributed by atoms with Gasteiger partial charge in [-0.05, 0) is 13.0 Å². The largest absolute Gasteiger partial charge is 0.491 e. The fourth-order valence-electron chi connectivity index (χ4n) is 1.37. The van der Waals surface area contributed by atoms with Crippen molar-refractivity contribution in [2.45, 2.75) is 6.92 Å². The molecule has 0 fully saturated rings. The van der Waals surface area contributed by atoms with Crippen LogP contribution in [0.5, 0.6) is 0 Å². The number of aryl methyl sites for hydroxylation is 1. The fourth-order valence-corrected chi connectivity index (χ4v) is 1.37. The number of nitrogens with zero attached hydrogens (tertiary/aromatic N) is 1. The van der Waals surface area contributed by atoms with Crippen LogP contribution in [-0.4, -0.2) is 27.4 Å². The maximum Gasteiger partial charge on any atom is 0.491 e. The molecular weight excluding hydrogens is 186 g/mol. The van der Waals surface area contributed by atoms with Crippen molar-refractivity contribution in [1.82, 2.24) is 10.2 Å². The van der Waals surface area contributed by atoms with E-state index < -0.39 is 12.9 Å². The third kappa shape index (κ3) is 1.28. The molecule has 2 rings (SSSR count). The first-order valence-electron chi connectivity index (χ1n) is 4.10. The Bertz CT molecular complexity index is 483. The first-order chi connectivity index (χ1) is 6.59. The highest BCUT2D eigenvalue weighted by atomic mass is 19.1. The van der Waals surface area contributed by atoms with Crippen molar-refractivity contribution in [1.29, 1.82) is 0 Å². The van der Waals surface area contributed by atoms with Gasteiger partial charge in [-0.1, -0.05) is 0 Å². The lowest BCUT2D eigenvalue weighted by molar-refractivity contribution is 0.423. The SMILES string of the molecule is Cc1[nH]nc2cc(F)c(B(O)O)cc12. The van der Waals surface area contributed by atoms with Crippen molar-refractivity contribution < 1.29 is 14.4 Å². The van der Waals surface area contributed by atoms with E-state index in [0.29, 0.717) is 10.9 Å². The smallest absolute Gasteiger partial charge is 0.423 e. The van der Waals surface area contributed by atoms with Crippen LogP contribution in [0.1, 0.15) is 5.69 Å². The molecule has 0 saturated carbocycles. The summed E-state index contributed by atoms with van der Waals surface area (Å²) in [5, 5.41) is 25.0. The number of rotatable bonds is 1. The van der Waals surface area contributed by atoms with E-state index >= 15 is 0 Å². The van der Waals surface area contributed by atoms with Gasteiger partial charge in [-0.3, -0.25) is 5.10 Å². The molecule has 0 amide bonds. The zero-order chi connectivity index (χ0) is 10.3. The Morgan fingerprint density at radius 3 is 2.79 bits per heavy atom. The lowest BCUT2D eigenvalue weighted by Crippen LogP contribution is -2.32. The molecule has 0 bridgehead atoms. The Kier molecular flexibility index (Phi) is 2.01. The predicted molar refractivity (Wildman–Crippen MR) is 50.6 cm³/mol. The minimum Gasteiger partial charge on any atom is -0.423 e. The summed E-state index contributed by atoms with van der Waals surface area (Å²) in [7, 11) is -1.80. The normalized spacial score (nSPS) is 10.9. The van der Waals surface area contributed by atoms with Crippen molar-refractivity contribution in [3.8, 4) is 0 Å². The molecule has 0 unspecified atom stereocenters. The Morgan fingerprint density at radius 2 is 2.14 bits per heavy atom. The van der Waals surface area contributed by atoms with Crippen molar-refractivity contribution in [2.24, 2.45) is 0 Å². The van der Waals surface area contributed by atoms with Gasteiger partial charge in [0.25, 0.3) is 0 Å². The maximum absolute atomic E-state index is 13.2. The van der Waals surface area contributed by atoms with E-state index in [1.165, 1.54) is 12.1 Å². The highest BCUT2D eigenvalue weighted by Crippen LogP contribution is 2.14. The summed E-state index contributed by atoms with van der Waals surface area (Å²) < 4.78 is 13.2. The second kappa shape index (κ2) is 3.07. The summed E-state index contributed by atoms with van der Waals surface area (Å²) in [5.74, 6) is -0.668. The number of halogens is 1. The molecule has 72 valence electrons. The molecule has 4 nitrogen and oxygen atoms in total. The van der Waals surface area contributed by atoms with Gasteiger partial charge in [-0.15, -0.1) is 0 Å². The molecule has 0 radical (unpaired) electrons. The van der Waals surface area contributed by atoms with Crippen LogP contribution in [0.2, 0.25) is 0 Å². The van der Waals surface area contributed by atoms with Gasteiger partial charge in [-0.2, -0.15) is 5.10 Å². The zero-order valence-electron chi connectivity index (χ0n) is 7.45. The van der Waals surface area contributed by atoms with Gasteiger partial charge in [-0.25, -0.2) is 4.39 Å². The fraction of sp³-hybridized carbons (Fsp3) is 0.125. The van der Waals surface area contributed by atoms with Crippen LogP contribution in [0.4, 0.5) is 4.39 Å². The van der Waals surface area contributed by atoms with E-state index in [1.807, 2.05) is 0 Å². The van der Waals surface area contributed by atoms with Crippen LogP contribution >= 0.6 is 0 Å². The summed E-state index contributed by atoms with van der Waals surface area (Å²) in [4.78, 5) is 0. The van der Waals surface area contributed by atoms with E-state index in [2.05, 4.69) is 10.2 Å². The quantitative estimate of drug-likeness (QED) is 0.545. The molecule has 14 heavy (non-hydrogen) atoms. The molecule has 0 aliphatic carbocycles. The van der Waals surface area contributed by atoms with E-state index in [9.17, 15) is 4.39 Å². The van der Waals surface area contributed by atoms with Gasteiger partial charge in [0.15, 0.2) is 0 Å². The minimum absolute atomic E-state index is 0.137. The highest BCUT2D eigenvalue weighted by Gasteiger charge is 2.18. The molecule has 0 saturated heterocycles. The van der Waals surface area contributed by atoms with Crippen LogP contribution in [0.25, 0.3) is 10.9 Å². The van der Waals surface area contributed by atoms with Crippen molar-refractivity contribution >= 4 is 23.5 Å². The summed E-state index contributed by atoms with van der Waals surface area (Å²) in [6.07, 6.45) is 0. The van der Waals surface area contributed by atoms with Gasteiger partial charge in [0.2, 0.25) is 0 Å². The van der Waals surface area contributed by atoms with Gasteiger partial charge < -0.3 is 10.0 Å². The lowest BCUT2D eigenvalue weighted by atomic mass is 9.79. The molecule has 0 atom stereocenters. The molecular formula is C8H8BFN2O2. The second-order valence-corrected chi connectivity index (χ2v) is 3.11. The van der Waals surface area contributed by atoms with Crippen LogP contribution in [0.3, 0.4) is 0 Å². The summed E-state index contributed by atoms with van der Waals surface area (Å²) in [6, 6.07) is 2.56. The van der Waals surface area contributed by atoms with Gasteiger partial charge in [0.05, 0.1) is 5.52 Å². The van der Waals surface area contributed by atoms with Crippen LogP contribution < -0.4 is 5.46 Å². The zero-order valence-corrected chi connectivity index (χ0v) is 7.45. The standard InChI is InChI=1S/C8H8BFN2O2/c1-4-5-2-6(9(13)14)7(10)3-8(5)12-11-4/h2-3,13-14H,1H3,(H,11,12). The van der Waals surface area contributed by atoms with Gasteiger partial charge >= 0.3 is 7.12 Å². The van der Waals surface area contributed by atoms with Crippen molar-refractivity contribution in [3.63, 3.8) is 0 Å². The van der Waals surface area contributed by atoms with E-state index in [0.717, 1.165) is 5.69 Å². The molecule has 3 N–H and O–H groups in total. The lowest BCUT2D eigenvalue weighted by Gasteiger charge is -2.01. The number of aromatic amines is 1. The molecule has 6 heteroatoms. The number of hydrogen-bond donors (Lipinski definition) is 3. The summed E-state index contributed by atoms with van der Waals surface area (Å²) in [5.41, 5.74) is 1.10. The molecule has 0 aliphatic heterocycles. The van der Waals surface area contributed by atoms with E-state index in [-0.39, 0.29) is 5.46 Å². The third-order valence-electron chi connectivity index (χ3n) is 2.14. The average molecular weight is 194 g/mol. The molecule has 0 aliphatic rings. The third-order valence-corrected chi connectivity index (χ3v) is 2.14. The average Bonchev–Trinajstić information content (AvgIpc) is 2.46. The molecule has 1 aromatic heterocycles. The maximum atomic E-state index is 13.2. The Balaban J connectivity index is 2.74. The molecule has 0 spiro atoms. The number of hydrogen-bond acceptors (Lipinski definition) is 3. The molecule has 1 heterocycles. The van der Waals surface area contributed by atoms with Gasteiger partial charge in [0.1, 0.15) is 5.82 Å². The van der Waals surface area contributed by atoms with Crippen molar-refractivity contribution in [2.75, 3.05) is 0 Å². The molecule has 1 aromatic carbocycles. The number of H-pyrrole nitrogens is 1. The summed E-state index contributed by atoms with van der Waals surface area (Å²) in [6.45, 7) is 1.78. The Morgan fingerprint density at radius 1 is 1.43 bits per heavy atom.